The Morgan fingerprint density at radius 1 is 1.50 bits per heavy atom. The molecule has 0 fully saturated rings. The maximum Gasteiger partial charge on any atom is 0.193 e. The SMILES string of the molecule is C#CCn1cccc1C(CC=C)O[Si](C)(C)C(C)(C)C. The van der Waals surface area contributed by atoms with Crippen molar-refractivity contribution in [1.82, 2.24) is 4.57 Å². The molecule has 0 aromatic carbocycles. The fourth-order valence-corrected chi connectivity index (χ4v) is 3.16. The molecule has 1 rings (SSSR count). The number of nitrogens with zero attached hydrogens (tertiary/aromatic N) is 1. The molecule has 0 saturated carbocycles. The molecule has 110 valence electrons. The molecule has 1 unspecified atom stereocenters. The van der Waals surface area contributed by atoms with Crippen LogP contribution in [-0.2, 0) is 11.0 Å². The lowest BCUT2D eigenvalue weighted by atomic mass is 10.2. The highest BCUT2D eigenvalue weighted by Crippen LogP contribution is 2.40. The molecule has 1 heterocycles. The Bertz CT molecular complexity index is 488. The van der Waals surface area contributed by atoms with E-state index < -0.39 is 8.32 Å². The first kappa shape index (κ1) is 16.8. The van der Waals surface area contributed by atoms with Gasteiger partial charge in [-0.15, -0.1) is 13.0 Å². The molecule has 0 aliphatic carbocycles. The molecule has 0 aliphatic rings. The van der Waals surface area contributed by atoms with E-state index in [1.165, 1.54) is 0 Å². The zero-order chi connectivity index (χ0) is 15.4. The third-order valence-corrected chi connectivity index (χ3v) is 8.57. The summed E-state index contributed by atoms with van der Waals surface area (Å²) in [5.74, 6) is 2.69. The number of rotatable bonds is 6. The topological polar surface area (TPSA) is 14.2 Å². The highest BCUT2D eigenvalue weighted by Gasteiger charge is 2.39. The van der Waals surface area contributed by atoms with Crippen molar-refractivity contribution in [2.45, 2.75) is 58.0 Å². The van der Waals surface area contributed by atoms with Gasteiger partial charge in [0.2, 0.25) is 0 Å². The van der Waals surface area contributed by atoms with Gasteiger partial charge < -0.3 is 8.99 Å². The average molecular weight is 289 g/mol. The van der Waals surface area contributed by atoms with Crippen LogP contribution in [0.4, 0.5) is 0 Å². The van der Waals surface area contributed by atoms with Crippen LogP contribution in [0.3, 0.4) is 0 Å². The van der Waals surface area contributed by atoms with Crippen molar-refractivity contribution >= 4 is 8.32 Å². The van der Waals surface area contributed by atoms with Crippen LogP contribution < -0.4 is 0 Å². The minimum absolute atomic E-state index is 0.0386. The Kier molecular flexibility index (Phi) is 5.44. The van der Waals surface area contributed by atoms with Crippen molar-refractivity contribution in [2.24, 2.45) is 0 Å². The zero-order valence-electron chi connectivity index (χ0n) is 13.4. The van der Waals surface area contributed by atoms with Gasteiger partial charge in [0.1, 0.15) is 0 Å². The third kappa shape index (κ3) is 3.88. The van der Waals surface area contributed by atoms with Gasteiger partial charge in [-0.2, -0.15) is 0 Å². The van der Waals surface area contributed by atoms with Crippen molar-refractivity contribution in [3.8, 4) is 12.3 Å². The summed E-state index contributed by atoms with van der Waals surface area (Å²) >= 11 is 0. The van der Waals surface area contributed by atoms with E-state index in [2.05, 4.69) is 57.0 Å². The monoisotopic (exact) mass is 289 g/mol. The second-order valence-corrected chi connectivity index (χ2v) is 11.4. The molecule has 20 heavy (non-hydrogen) atoms. The predicted octanol–water partition coefficient (Wildman–Crippen LogP) is 4.76. The van der Waals surface area contributed by atoms with E-state index in [4.69, 9.17) is 10.8 Å². The summed E-state index contributed by atoms with van der Waals surface area (Å²) in [7, 11) is -1.82. The van der Waals surface area contributed by atoms with E-state index in [1.807, 2.05) is 18.3 Å². The first-order valence-corrected chi connectivity index (χ1v) is 10.0. The summed E-state index contributed by atoms with van der Waals surface area (Å²) < 4.78 is 8.64. The van der Waals surface area contributed by atoms with Crippen LogP contribution in [-0.4, -0.2) is 12.9 Å². The van der Waals surface area contributed by atoms with Gasteiger partial charge in [0.05, 0.1) is 12.6 Å². The lowest BCUT2D eigenvalue weighted by Crippen LogP contribution is -2.42. The molecular formula is C17H27NOSi. The molecule has 0 spiro atoms. The Balaban J connectivity index is 3.04. The quantitative estimate of drug-likeness (QED) is 0.418. The Labute approximate surface area is 125 Å². The van der Waals surface area contributed by atoms with Crippen LogP contribution in [0.1, 0.15) is 39.0 Å². The Morgan fingerprint density at radius 2 is 2.15 bits per heavy atom. The maximum atomic E-state index is 6.55. The second kappa shape index (κ2) is 6.47. The maximum absolute atomic E-state index is 6.55. The fourth-order valence-electron chi connectivity index (χ4n) is 1.87. The molecule has 0 bridgehead atoms. The highest BCUT2D eigenvalue weighted by atomic mass is 28.4. The van der Waals surface area contributed by atoms with Crippen molar-refractivity contribution in [2.75, 3.05) is 0 Å². The van der Waals surface area contributed by atoms with Gasteiger partial charge in [-0.1, -0.05) is 32.8 Å². The van der Waals surface area contributed by atoms with Crippen LogP contribution in [0.25, 0.3) is 0 Å². The highest BCUT2D eigenvalue weighted by molar-refractivity contribution is 6.74. The minimum atomic E-state index is -1.82. The summed E-state index contributed by atoms with van der Waals surface area (Å²) in [4.78, 5) is 0. The van der Waals surface area contributed by atoms with Gasteiger partial charge >= 0.3 is 0 Å². The van der Waals surface area contributed by atoms with Gasteiger partial charge in [-0.25, -0.2) is 0 Å². The zero-order valence-corrected chi connectivity index (χ0v) is 14.4. The van der Waals surface area contributed by atoms with E-state index in [0.29, 0.717) is 6.54 Å². The molecule has 0 saturated heterocycles. The Morgan fingerprint density at radius 3 is 2.65 bits per heavy atom. The molecule has 0 radical (unpaired) electrons. The molecule has 1 atom stereocenters. The molecule has 2 nitrogen and oxygen atoms in total. The van der Waals surface area contributed by atoms with Crippen LogP contribution in [0.2, 0.25) is 18.1 Å². The fraction of sp³-hybridized carbons (Fsp3) is 0.529. The molecule has 1 aromatic rings. The van der Waals surface area contributed by atoms with Crippen LogP contribution in [0.5, 0.6) is 0 Å². The lowest BCUT2D eigenvalue weighted by Gasteiger charge is -2.39. The van der Waals surface area contributed by atoms with E-state index in [0.717, 1.165) is 12.1 Å². The van der Waals surface area contributed by atoms with Crippen LogP contribution in [0.15, 0.2) is 31.0 Å². The van der Waals surface area contributed by atoms with Gasteiger partial charge in [0.25, 0.3) is 0 Å². The summed E-state index contributed by atoms with van der Waals surface area (Å²) in [6, 6.07) is 4.12. The summed E-state index contributed by atoms with van der Waals surface area (Å²) in [5.41, 5.74) is 1.15. The van der Waals surface area contributed by atoms with E-state index in [9.17, 15) is 0 Å². The Hall–Kier alpha value is -1.24. The third-order valence-electron chi connectivity index (χ3n) is 4.08. The number of aromatic nitrogens is 1. The van der Waals surface area contributed by atoms with Crippen LogP contribution >= 0.6 is 0 Å². The standard InChI is InChI=1S/C17H27NOSi/c1-8-11-16(19-20(6,7)17(3,4)5)15-12-10-14-18(15)13-9-2/h2,8,10,12,14,16H,1,11,13H2,3-7H3. The second-order valence-electron chi connectivity index (χ2n) is 6.66. The van der Waals surface area contributed by atoms with Gasteiger partial charge in [-0.3, -0.25) is 0 Å². The lowest BCUT2D eigenvalue weighted by molar-refractivity contribution is 0.178. The molecular weight excluding hydrogens is 262 g/mol. The van der Waals surface area contributed by atoms with Crippen molar-refractivity contribution < 1.29 is 4.43 Å². The van der Waals surface area contributed by atoms with Gasteiger partial charge in [0.15, 0.2) is 8.32 Å². The average Bonchev–Trinajstić information content (AvgIpc) is 2.75. The summed E-state index contributed by atoms with van der Waals surface area (Å²) in [5, 5.41) is 0.190. The number of hydrogen-bond acceptors (Lipinski definition) is 1. The smallest absolute Gasteiger partial charge is 0.193 e. The van der Waals surface area contributed by atoms with Gasteiger partial charge in [0, 0.05) is 11.9 Å². The van der Waals surface area contributed by atoms with E-state index in [-0.39, 0.29) is 11.1 Å². The van der Waals surface area contributed by atoms with E-state index in [1.54, 1.807) is 0 Å². The normalized spacial score (nSPS) is 13.8. The molecule has 0 aliphatic heterocycles. The largest absolute Gasteiger partial charge is 0.408 e. The summed E-state index contributed by atoms with van der Waals surface area (Å²) in [6.45, 7) is 15.8. The van der Waals surface area contributed by atoms with Crippen molar-refractivity contribution in [3.63, 3.8) is 0 Å². The predicted molar refractivity (Wildman–Crippen MR) is 89.1 cm³/mol. The van der Waals surface area contributed by atoms with Crippen molar-refractivity contribution in [3.05, 3.63) is 36.7 Å². The molecule has 3 heteroatoms. The number of terminal acetylenes is 1. The number of hydrogen-bond donors (Lipinski definition) is 0. The van der Waals surface area contributed by atoms with Gasteiger partial charge in [-0.05, 0) is 36.7 Å². The van der Waals surface area contributed by atoms with Crippen molar-refractivity contribution in [1.29, 1.82) is 0 Å². The molecule has 0 amide bonds. The first-order chi connectivity index (χ1) is 9.23. The van der Waals surface area contributed by atoms with Crippen LogP contribution in [0, 0.1) is 12.3 Å². The molecule has 1 aromatic heterocycles. The minimum Gasteiger partial charge on any atom is -0.408 e. The summed E-state index contributed by atoms with van der Waals surface area (Å²) in [6.07, 6.45) is 10.2. The van der Waals surface area contributed by atoms with E-state index >= 15 is 0 Å². The first-order valence-electron chi connectivity index (χ1n) is 7.10. The molecule has 0 N–H and O–H groups in total.